The molecular formula is C23H14N8O. The van der Waals surface area contributed by atoms with Crippen LogP contribution in [-0.2, 0) is 0 Å². The number of carbonyl (C=O) groups is 1. The predicted molar refractivity (Wildman–Crippen MR) is 116 cm³/mol. The van der Waals surface area contributed by atoms with Crippen LogP contribution in [0.1, 0.15) is 21.7 Å². The zero-order valence-electron chi connectivity index (χ0n) is 16.5. The molecule has 9 nitrogen and oxygen atoms in total. The van der Waals surface area contributed by atoms with E-state index in [-0.39, 0.29) is 17.6 Å². The van der Waals surface area contributed by atoms with Gasteiger partial charge in [-0.1, -0.05) is 48.5 Å². The van der Waals surface area contributed by atoms with Gasteiger partial charge in [0.25, 0.3) is 0 Å². The molecule has 3 heterocycles. The van der Waals surface area contributed by atoms with Crippen molar-refractivity contribution in [2.24, 2.45) is 0 Å². The number of benzene rings is 2. The molecule has 9 heteroatoms. The Kier molecular flexibility index (Phi) is 4.58. The smallest absolute Gasteiger partial charge is 0.232 e. The summed E-state index contributed by atoms with van der Waals surface area (Å²) in [7, 11) is 0. The highest BCUT2D eigenvalue weighted by atomic mass is 16.1. The number of hydrogen-bond acceptors (Lipinski definition) is 8. The van der Waals surface area contributed by atoms with Crippen LogP contribution < -0.4 is 5.73 Å². The molecule has 0 saturated carbocycles. The Balaban J connectivity index is 1.82. The standard InChI is InChI=1S/C23H14N8O/c24-12-15-8-4-5-9-16(15)19-18(17-10-11-26-13-27-17)22-29-21(30-31(22)23(25)28-19)20(32)14-6-2-1-3-7-14/h1-11,13H,(H2,25,28). The van der Waals surface area contributed by atoms with Crippen molar-refractivity contribution in [3.05, 3.63) is 90.1 Å². The Morgan fingerprint density at radius 2 is 1.78 bits per heavy atom. The fraction of sp³-hybridized carbons (Fsp3) is 0. The Morgan fingerprint density at radius 1 is 1.00 bits per heavy atom. The lowest BCUT2D eigenvalue weighted by atomic mass is 9.99. The third-order valence-electron chi connectivity index (χ3n) is 4.89. The minimum Gasteiger partial charge on any atom is -0.368 e. The van der Waals surface area contributed by atoms with E-state index < -0.39 is 0 Å². The first-order valence-corrected chi connectivity index (χ1v) is 9.59. The van der Waals surface area contributed by atoms with Gasteiger partial charge in [-0.3, -0.25) is 4.79 Å². The van der Waals surface area contributed by atoms with E-state index in [1.165, 1.54) is 10.8 Å². The molecule has 0 atom stereocenters. The SMILES string of the molecule is N#Cc1ccccc1-c1nc(N)n2nc(C(=O)c3ccccc3)nc2c1-c1ccncn1. The van der Waals surface area contributed by atoms with E-state index in [0.29, 0.717) is 39.3 Å². The molecule has 0 amide bonds. The van der Waals surface area contributed by atoms with Crippen molar-refractivity contribution in [3.63, 3.8) is 0 Å². The van der Waals surface area contributed by atoms with Crippen LogP contribution in [0.25, 0.3) is 28.2 Å². The fourth-order valence-electron chi connectivity index (χ4n) is 3.43. The molecule has 0 bridgehead atoms. The van der Waals surface area contributed by atoms with Gasteiger partial charge < -0.3 is 5.73 Å². The molecule has 0 unspecified atom stereocenters. The second-order valence-corrected chi connectivity index (χ2v) is 6.81. The Hall–Kier alpha value is -4.97. The number of carbonyl (C=O) groups excluding carboxylic acids is 1. The average Bonchev–Trinajstić information content (AvgIpc) is 3.30. The first kappa shape index (κ1) is 19.0. The van der Waals surface area contributed by atoms with Crippen molar-refractivity contribution in [2.45, 2.75) is 0 Å². The van der Waals surface area contributed by atoms with Crippen LogP contribution in [0.15, 0.2) is 73.2 Å². The maximum absolute atomic E-state index is 13.0. The van der Waals surface area contributed by atoms with Crippen LogP contribution in [0.2, 0.25) is 0 Å². The molecular weight excluding hydrogens is 404 g/mol. The number of anilines is 1. The molecule has 3 aromatic heterocycles. The molecule has 5 aromatic rings. The van der Waals surface area contributed by atoms with E-state index in [1.54, 1.807) is 60.8 Å². The van der Waals surface area contributed by atoms with E-state index in [1.807, 2.05) is 6.07 Å². The zero-order chi connectivity index (χ0) is 22.1. The Morgan fingerprint density at radius 3 is 2.53 bits per heavy atom. The summed E-state index contributed by atoms with van der Waals surface area (Å²) < 4.78 is 1.31. The molecule has 0 aliphatic rings. The second-order valence-electron chi connectivity index (χ2n) is 6.81. The number of rotatable bonds is 4. The van der Waals surface area contributed by atoms with Crippen molar-refractivity contribution in [2.75, 3.05) is 5.73 Å². The van der Waals surface area contributed by atoms with E-state index in [0.717, 1.165) is 0 Å². The molecule has 0 radical (unpaired) electrons. The van der Waals surface area contributed by atoms with Gasteiger partial charge in [0, 0.05) is 17.3 Å². The van der Waals surface area contributed by atoms with Gasteiger partial charge in [0.05, 0.1) is 28.6 Å². The van der Waals surface area contributed by atoms with Gasteiger partial charge in [-0.15, -0.1) is 5.10 Å². The van der Waals surface area contributed by atoms with E-state index >= 15 is 0 Å². The van der Waals surface area contributed by atoms with Crippen LogP contribution in [0, 0.1) is 11.3 Å². The second kappa shape index (κ2) is 7.70. The first-order chi connectivity index (χ1) is 15.7. The number of fused-ring (bicyclic) bond motifs is 1. The number of nitrogens with two attached hydrogens (primary N) is 1. The summed E-state index contributed by atoms with van der Waals surface area (Å²) >= 11 is 0. The summed E-state index contributed by atoms with van der Waals surface area (Å²) in [5.41, 5.74) is 9.36. The molecule has 32 heavy (non-hydrogen) atoms. The van der Waals surface area contributed by atoms with Crippen molar-refractivity contribution >= 4 is 17.4 Å². The largest absolute Gasteiger partial charge is 0.368 e. The lowest BCUT2D eigenvalue weighted by molar-refractivity contribution is 0.102. The molecule has 0 saturated heterocycles. The van der Waals surface area contributed by atoms with E-state index in [2.05, 4.69) is 31.1 Å². The minimum absolute atomic E-state index is 0.0225. The number of aromatic nitrogens is 6. The van der Waals surface area contributed by atoms with Gasteiger partial charge in [-0.25, -0.2) is 19.9 Å². The summed E-state index contributed by atoms with van der Waals surface area (Å²) in [5, 5.41) is 13.9. The lowest BCUT2D eigenvalue weighted by Crippen LogP contribution is -2.07. The summed E-state index contributed by atoms with van der Waals surface area (Å²) in [5.74, 6) is -0.341. The Labute approximate surface area is 181 Å². The number of nitrogen functional groups attached to an aromatic ring is 1. The maximum Gasteiger partial charge on any atom is 0.232 e. The average molecular weight is 418 g/mol. The van der Waals surface area contributed by atoms with Crippen molar-refractivity contribution in [1.29, 1.82) is 5.26 Å². The fourth-order valence-corrected chi connectivity index (χ4v) is 3.43. The van der Waals surface area contributed by atoms with Crippen LogP contribution in [0.3, 0.4) is 0 Å². The van der Waals surface area contributed by atoms with E-state index in [4.69, 9.17) is 5.73 Å². The number of nitriles is 1. The highest BCUT2D eigenvalue weighted by molar-refractivity contribution is 6.07. The quantitative estimate of drug-likeness (QED) is 0.440. The van der Waals surface area contributed by atoms with Crippen molar-refractivity contribution in [3.8, 4) is 28.6 Å². The van der Waals surface area contributed by atoms with Gasteiger partial charge in [0.2, 0.25) is 17.6 Å². The third-order valence-corrected chi connectivity index (χ3v) is 4.89. The van der Waals surface area contributed by atoms with Crippen molar-refractivity contribution in [1.82, 2.24) is 29.5 Å². The summed E-state index contributed by atoms with van der Waals surface area (Å²) in [6.45, 7) is 0. The topological polar surface area (TPSA) is 136 Å². The van der Waals surface area contributed by atoms with Crippen LogP contribution in [-0.4, -0.2) is 35.3 Å². The summed E-state index contributed by atoms with van der Waals surface area (Å²) in [6.07, 6.45) is 2.98. The van der Waals surface area contributed by atoms with Crippen LogP contribution >= 0.6 is 0 Å². The normalized spacial score (nSPS) is 10.7. The van der Waals surface area contributed by atoms with Crippen LogP contribution in [0.4, 0.5) is 5.95 Å². The van der Waals surface area contributed by atoms with Gasteiger partial charge in [0.1, 0.15) is 6.33 Å². The molecule has 0 fully saturated rings. The van der Waals surface area contributed by atoms with Gasteiger partial charge >= 0.3 is 0 Å². The number of ketones is 1. The maximum atomic E-state index is 13.0. The summed E-state index contributed by atoms with van der Waals surface area (Å²) in [4.78, 5) is 30.3. The highest BCUT2D eigenvalue weighted by Gasteiger charge is 2.24. The monoisotopic (exact) mass is 418 g/mol. The van der Waals surface area contributed by atoms with Gasteiger partial charge in [-0.05, 0) is 12.1 Å². The minimum atomic E-state index is -0.346. The number of nitrogens with zero attached hydrogens (tertiary/aromatic N) is 7. The zero-order valence-corrected chi connectivity index (χ0v) is 16.5. The molecule has 0 aliphatic heterocycles. The molecule has 2 N–H and O–H groups in total. The molecule has 5 rings (SSSR count). The molecule has 0 spiro atoms. The van der Waals surface area contributed by atoms with Gasteiger partial charge in [-0.2, -0.15) is 9.78 Å². The lowest BCUT2D eigenvalue weighted by Gasteiger charge is -2.12. The van der Waals surface area contributed by atoms with Crippen molar-refractivity contribution < 1.29 is 4.79 Å². The molecule has 152 valence electrons. The number of hydrogen-bond donors (Lipinski definition) is 1. The highest BCUT2D eigenvalue weighted by Crippen LogP contribution is 2.35. The van der Waals surface area contributed by atoms with Crippen LogP contribution in [0.5, 0.6) is 0 Å². The first-order valence-electron chi connectivity index (χ1n) is 9.59. The summed E-state index contributed by atoms with van der Waals surface area (Å²) in [6, 6.07) is 19.6. The third kappa shape index (κ3) is 3.12. The van der Waals surface area contributed by atoms with Gasteiger partial charge in [0.15, 0.2) is 5.65 Å². The molecule has 2 aromatic carbocycles. The Bertz CT molecular complexity index is 1500. The molecule has 0 aliphatic carbocycles. The predicted octanol–water partition coefficient (Wildman–Crippen LogP) is 2.93. The van der Waals surface area contributed by atoms with E-state index in [9.17, 15) is 10.1 Å².